The van der Waals surface area contributed by atoms with Crippen LogP contribution in [0.2, 0.25) is 0 Å². The SMILES string of the molecule is Cc1ccc(C(=O)N(CCCl)C2CCC2)s1. The lowest BCUT2D eigenvalue weighted by Gasteiger charge is -2.37. The molecule has 1 aromatic rings. The number of carbonyl (C=O) groups is 1. The van der Waals surface area contributed by atoms with E-state index in [1.54, 1.807) is 11.3 Å². The van der Waals surface area contributed by atoms with E-state index >= 15 is 0 Å². The number of aryl methyl sites for hydroxylation is 1. The summed E-state index contributed by atoms with van der Waals surface area (Å²) in [6.45, 7) is 2.69. The normalized spacial score (nSPS) is 15.9. The highest BCUT2D eigenvalue weighted by Crippen LogP contribution is 2.27. The Hall–Kier alpha value is -0.540. The van der Waals surface area contributed by atoms with Gasteiger partial charge in [0.05, 0.1) is 4.88 Å². The van der Waals surface area contributed by atoms with Crippen molar-refractivity contribution in [1.29, 1.82) is 0 Å². The molecule has 0 atom stereocenters. The number of carbonyl (C=O) groups excluding carboxylic acids is 1. The van der Waals surface area contributed by atoms with Crippen molar-refractivity contribution in [3.05, 3.63) is 21.9 Å². The smallest absolute Gasteiger partial charge is 0.264 e. The molecule has 0 aliphatic heterocycles. The maximum Gasteiger partial charge on any atom is 0.264 e. The lowest BCUT2D eigenvalue weighted by molar-refractivity contribution is 0.0603. The van der Waals surface area contributed by atoms with Gasteiger partial charge in [0.2, 0.25) is 0 Å². The van der Waals surface area contributed by atoms with E-state index in [0.717, 1.165) is 17.7 Å². The van der Waals surface area contributed by atoms with Crippen LogP contribution in [0.1, 0.15) is 33.8 Å². The van der Waals surface area contributed by atoms with E-state index in [0.29, 0.717) is 18.5 Å². The molecule has 1 aliphatic carbocycles. The Kier molecular flexibility index (Phi) is 3.87. The number of halogens is 1. The van der Waals surface area contributed by atoms with Crippen molar-refractivity contribution < 1.29 is 4.79 Å². The van der Waals surface area contributed by atoms with Crippen LogP contribution in [0, 0.1) is 6.92 Å². The average molecular weight is 258 g/mol. The second-order valence-corrected chi connectivity index (χ2v) is 5.85. The number of hydrogen-bond acceptors (Lipinski definition) is 2. The summed E-state index contributed by atoms with van der Waals surface area (Å²) in [7, 11) is 0. The third-order valence-electron chi connectivity index (χ3n) is 3.05. The quantitative estimate of drug-likeness (QED) is 0.758. The predicted molar refractivity (Wildman–Crippen MR) is 68.5 cm³/mol. The maximum atomic E-state index is 12.3. The fraction of sp³-hybridized carbons (Fsp3) is 0.583. The largest absolute Gasteiger partial charge is 0.334 e. The van der Waals surface area contributed by atoms with Crippen LogP contribution in [0.15, 0.2) is 12.1 Å². The predicted octanol–water partition coefficient (Wildman–Crippen LogP) is 3.29. The highest BCUT2D eigenvalue weighted by atomic mass is 35.5. The third kappa shape index (κ3) is 2.41. The molecule has 1 saturated carbocycles. The second kappa shape index (κ2) is 5.19. The Bertz CT molecular complexity index is 373. The molecule has 1 amide bonds. The molecule has 1 fully saturated rings. The maximum absolute atomic E-state index is 12.3. The second-order valence-electron chi connectivity index (χ2n) is 4.18. The van der Waals surface area contributed by atoms with Crippen LogP contribution in [0.5, 0.6) is 0 Å². The number of nitrogens with zero attached hydrogens (tertiary/aromatic N) is 1. The third-order valence-corrected chi connectivity index (χ3v) is 4.21. The van der Waals surface area contributed by atoms with Crippen LogP contribution in [-0.4, -0.2) is 29.3 Å². The van der Waals surface area contributed by atoms with Crippen LogP contribution in [0.3, 0.4) is 0 Å². The van der Waals surface area contributed by atoms with Crippen LogP contribution >= 0.6 is 22.9 Å². The molecule has 88 valence electrons. The van der Waals surface area contributed by atoms with E-state index in [-0.39, 0.29) is 5.91 Å². The lowest BCUT2D eigenvalue weighted by Crippen LogP contribution is -2.45. The summed E-state index contributed by atoms with van der Waals surface area (Å²) < 4.78 is 0. The number of thiophene rings is 1. The molecular formula is C12H16ClNOS. The first kappa shape index (κ1) is 11.9. The molecule has 1 aliphatic rings. The molecule has 16 heavy (non-hydrogen) atoms. The van der Waals surface area contributed by atoms with Crippen molar-refractivity contribution in [3.8, 4) is 0 Å². The Balaban J connectivity index is 2.09. The van der Waals surface area contributed by atoms with Gasteiger partial charge in [0.25, 0.3) is 5.91 Å². The first-order valence-corrected chi connectivity index (χ1v) is 7.01. The summed E-state index contributed by atoms with van der Waals surface area (Å²) in [6, 6.07) is 4.34. The van der Waals surface area contributed by atoms with Crippen LogP contribution < -0.4 is 0 Å². The Labute approximate surface area is 105 Å². The zero-order valence-corrected chi connectivity index (χ0v) is 11.0. The summed E-state index contributed by atoms with van der Waals surface area (Å²) in [4.78, 5) is 16.2. The minimum absolute atomic E-state index is 0.156. The standard InChI is InChI=1S/C12H16ClNOS/c1-9-5-6-11(16-9)12(15)14(8-7-13)10-3-2-4-10/h5-6,10H,2-4,7-8H2,1H3. The van der Waals surface area contributed by atoms with E-state index in [1.807, 2.05) is 24.0 Å². The van der Waals surface area contributed by atoms with E-state index in [1.165, 1.54) is 11.3 Å². The van der Waals surface area contributed by atoms with Gasteiger partial charge < -0.3 is 4.90 Å². The molecule has 0 unspecified atom stereocenters. The van der Waals surface area contributed by atoms with Crippen LogP contribution in [0.4, 0.5) is 0 Å². The zero-order valence-electron chi connectivity index (χ0n) is 9.41. The highest BCUT2D eigenvalue weighted by Gasteiger charge is 2.29. The van der Waals surface area contributed by atoms with Gasteiger partial charge in [0.1, 0.15) is 0 Å². The van der Waals surface area contributed by atoms with Crippen molar-refractivity contribution in [1.82, 2.24) is 4.90 Å². The number of alkyl halides is 1. The van der Waals surface area contributed by atoms with Crippen molar-refractivity contribution in [2.75, 3.05) is 12.4 Å². The summed E-state index contributed by atoms with van der Waals surface area (Å²) in [5.74, 6) is 0.676. The van der Waals surface area contributed by atoms with Gasteiger partial charge in [0, 0.05) is 23.3 Å². The zero-order chi connectivity index (χ0) is 11.5. The summed E-state index contributed by atoms with van der Waals surface area (Å²) in [5.41, 5.74) is 0. The summed E-state index contributed by atoms with van der Waals surface area (Å²) >= 11 is 7.34. The van der Waals surface area contributed by atoms with Gasteiger partial charge in [-0.15, -0.1) is 22.9 Å². The number of hydrogen-bond donors (Lipinski definition) is 0. The first-order chi connectivity index (χ1) is 7.72. The van der Waals surface area contributed by atoms with E-state index in [9.17, 15) is 4.79 Å². The molecule has 4 heteroatoms. The number of amides is 1. The minimum Gasteiger partial charge on any atom is -0.334 e. The van der Waals surface area contributed by atoms with Crippen LogP contribution in [-0.2, 0) is 0 Å². The van der Waals surface area contributed by atoms with Crippen molar-refractivity contribution >= 4 is 28.8 Å². The fourth-order valence-corrected chi connectivity index (χ4v) is 2.94. The van der Waals surface area contributed by atoms with Gasteiger partial charge >= 0.3 is 0 Å². The monoisotopic (exact) mass is 257 g/mol. The number of rotatable bonds is 4. The molecule has 2 rings (SSSR count). The Morgan fingerprint density at radius 2 is 2.31 bits per heavy atom. The highest BCUT2D eigenvalue weighted by molar-refractivity contribution is 7.13. The molecule has 1 aromatic heterocycles. The molecule has 0 radical (unpaired) electrons. The first-order valence-electron chi connectivity index (χ1n) is 5.65. The van der Waals surface area contributed by atoms with Gasteiger partial charge in [0.15, 0.2) is 0 Å². The van der Waals surface area contributed by atoms with Gasteiger partial charge in [-0.3, -0.25) is 4.79 Å². The Morgan fingerprint density at radius 3 is 2.75 bits per heavy atom. The molecule has 0 saturated heterocycles. The van der Waals surface area contributed by atoms with Gasteiger partial charge in [-0.25, -0.2) is 0 Å². The average Bonchev–Trinajstić information content (AvgIpc) is 2.60. The molecule has 0 N–H and O–H groups in total. The topological polar surface area (TPSA) is 20.3 Å². The lowest BCUT2D eigenvalue weighted by atomic mass is 9.91. The van der Waals surface area contributed by atoms with Gasteiger partial charge in [-0.1, -0.05) is 0 Å². The van der Waals surface area contributed by atoms with Crippen molar-refractivity contribution in [2.45, 2.75) is 32.2 Å². The van der Waals surface area contributed by atoms with E-state index in [2.05, 4.69) is 0 Å². The van der Waals surface area contributed by atoms with Crippen LogP contribution in [0.25, 0.3) is 0 Å². The molecule has 0 aromatic carbocycles. The molecule has 1 heterocycles. The summed E-state index contributed by atoms with van der Waals surface area (Å²) in [5, 5.41) is 0. The van der Waals surface area contributed by atoms with Gasteiger partial charge in [-0.2, -0.15) is 0 Å². The minimum atomic E-state index is 0.156. The van der Waals surface area contributed by atoms with Gasteiger partial charge in [-0.05, 0) is 38.3 Å². The Morgan fingerprint density at radius 1 is 1.56 bits per heavy atom. The molecule has 2 nitrogen and oxygen atoms in total. The molecule has 0 spiro atoms. The van der Waals surface area contributed by atoms with Crippen molar-refractivity contribution in [3.63, 3.8) is 0 Å². The van der Waals surface area contributed by atoms with Crippen molar-refractivity contribution in [2.24, 2.45) is 0 Å². The molecular weight excluding hydrogens is 242 g/mol. The molecule has 0 bridgehead atoms. The van der Waals surface area contributed by atoms with E-state index in [4.69, 9.17) is 11.6 Å². The van der Waals surface area contributed by atoms with E-state index < -0.39 is 0 Å². The fourth-order valence-electron chi connectivity index (χ4n) is 1.93. The summed E-state index contributed by atoms with van der Waals surface area (Å²) in [6.07, 6.45) is 3.50.